The maximum atomic E-state index is 13.2. The van der Waals surface area contributed by atoms with Crippen LogP contribution in [0.4, 0.5) is 10.1 Å². The Morgan fingerprint density at radius 1 is 1.40 bits per heavy atom. The standard InChI is InChI=1S/C14H18FN5/c1-9-3-2-4-11(9)8-20-14(17-18-19-20)10-5-6-12(15)13(16)7-10/h5-7,9,11H,2-4,8,16H2,1H3. The molecule has 2 aromatic rings. The lowest BCUT2D eigenvalue weighted by Crippen LogP contribution is -2.15. The highest BCUT2D eigenvalue weighted by Crippen LogP contribution is 2.33. The van der Waals surface area contributed by atoms with Crippen LogP contribution in [0.2, 0.25) is 0 Å². The van der Waals surface area contributed by atoms with Gasteiger partial charge in [-0.05, 0) is 46.9 Å². The second-order valence-corrected chi connectivity index (χ2v) is 5.59. The van der Waals surface area contributed by atoms with Gasteiger partial charge in [-0.25, -0.2) is 9.07 Å². The summed E-state index contributed by atoms with van der Waals surface area (Å²) >= 11 is 0. The molecule has 0 spiro atoms. The minimum Gasteiger partial charge on any atom is -0.396 e. The molecule has 0 radical (unpaired) electrons. The van der Waals surface area contributed by atoms with Gasteiger partial charge < -0.3 is 5.73 Å². The molecule has 2 N–H and O–H groups in total. The van der Waals surface area contributed by atoms with E-state index < -0.39 is 5.82 Å². The first-order chi connectivity index (χ1) is 9.65. The van der Waals surface area contributed by atoms with E-state index in [9.17, 15) is 4.39 Å². The minimum absolute atomic E-state index is 0.117. The molecule has 0 bridgehead atoms. The highest BCUT2D eigenvalue weighted by molar-refractivity contribution is 5.61. The van der Waals surface area contributed by atoms with Crippen LogP contribution in [0.15, 0.2) is 18.2 Å². The summed E-state index contributed by atoms with van der Waals surface area (Å²) in [6.45, 7) is 3.08. The number of hydrogen-bond donors (Lipinski definition) is 1. The van der Waals surface area contributed by atoms with E-state index in [4.69, 9.17) is 5.73 Å². The lowest BCUT2D eigenvalue weighted by molar-refractivity contribution is 0.346. The maximum absolute atomic E-state index is 13.2. The lowest BCUT2D eigenvalue weighted by Gasteiger charge is -2.15. The van der Waals surface area contributed by atoms with Crippen molar-refractivity contribution in [2.75, 3.05) is 5.73 Å². The van der Waals surface area contributed by atoms with E-state index in [1.54, 1.807) is 16.8 Å². The molecule has 106 valence electrons. The zero-order chi connectivity index (χ0) is 14.1. The van der Waals surface area contributed by atoms with Crippen LogP contribution in [0.3, 0.4) is 0 Å². The summed E-state index contributed by atoms with van der Waals surface area (Å²) in [5.74, 6) is 1.54. The van der Waals surface area contributed by atoms with E-state index in [1.165, 1.54) is 25.3 Å². The minimum atomic E-state index is -0.419. The van der Waals surface area contributed by atoms with Gasteiger partial charge in [-0.15, -0.1) is 5.10 Å². The van der Waals surface area contributed by atoms with Crippen LogP contribution in [0.1, 0.15) is 26.2 Å². The van der Waals surface area contributed by atoms with Gasteiger partial charge in [-0.3, -0.25) is 0 Å². The molecule has 0 aliphatic heterocycles. The van der Waals surface area contributed by atoms with Gasteiger partial charge in [-0.1, -0.05) is 19.8 Å². The molecule has 2 atom stereocenters. The number of rotatable bonds is 3. The van der Waals surface area contributed by atoms with Gasteiger partial charge in [0.2, 0.25) is 0 Å². The van der Waals surface area contributed by atoms with Gasteiger partial charge in [0.1, 0.15) is 5.82 Å². The molecule has 2 unspecified atom stereocenters. The van der Waals surface area contributed by atoms with Crippen LogP contribution in [0.25, 0.3) is 11.4 Å². The fraction of sp³-hybridized carbons (Fsp3) is 0.500. The van der Waals surface area contributed by atoms with Gasteiger partial charge in [0.15, 0.2) is 5.82 Å². The van der Waals surface area contributed by atoms with E-state index in [0.717, 1.165) is 12.1 Å². The third-order valence-corrected chi connectivity index (χ3v) is 4.23. The average Bonchev–Trinajstić information content (AvgIpc) is 3.04. The molecule has 1 heterocycles. The quantitative estimate of drug-likeness (QED) is 0.874. The summed E-state index contributed by atoms with van der Waals surface area (Å²) in [6, 6.07) is 4.59. The topological polar surface area (TPSA) is 69.6 Å². The summed E-state index contributed by atoms with van der Waals surface area (Å²) in [5.41, 5.74) is 6.48. The highest BCUT2D eigenvalue weighted by atomic mass is 19.1. The fourth-order valence-corrected chi connectivity index (χ4v) is 2.93. The third kappa shape index (κ3) is 2.37. The van der Waals surface area contributed by atoms with Crippen molar-refractivity contribution >= 4 is 5.69 Å². The summed E-state index contributed by atoms with van der Waals surface area (Å²) in [5, 5.41) is 11.9. The molecular weight excluding hydrogens is 257 g/mol. The van der Waals surface area contributed by atoms with Crippen molar-refractivity contribution in [2.24, 2.45) is 11.8 Å². The average molecular weight is 275 g/mol. The Morgan fingerprint density at radius 3 is 2.95 bits per heavy atom. The van der Waals surface area contributed by atoms with Crippen LogP contribution in [-0.2, 0) is 6.54 Å². The zero-order valence-corrected chi connectivity index (χ0v) is 11.5. The Bertz CT molecular complexity index is 609. The Labute approximate surface area is 117 Å². The normalized spacial score (nSPS) is 22.3. The fourth-order valence-electron chi connectivity index (χ4n) is 2.93. The predicted molar refractivity (Wildman–Crippen MR) is 74.1 cm³/mol. The number of tetrazole rings is 1. The van der Waals surface area contributed by atoms with Gasteiger partial charge >= 0.3 is 0 Å². The molecule has 0 saturated heterocycles. The van der Waals surface area contributed by atoms with Crippen LogP contribution in [0.5, 0.6) is 0 Å². The highest BCUT2D eigenvalue weighted by Gasteiger charge is 2.25. The zero-order valence-electron chi connectivity index (χ0n) is 11.5. The van der Waals surface area contributed by atoms with Gasteiger partial charge in [0.05, 0.1) is 5.69 Å². The molecule has 1 aliphatic rings. The smallest absolute Gasteiger partial charge is 0.182 e. The number of hydrogen-bond acceptors (Lipinski definition) is 4. The number of nitrogens with two attached hydrogens (primary N) is 1. The predicted octanol–water partition coefficient (Wildman–Crippen LogP) is 2.50. The van der Waals surface area contributed by atoms with E-state index in [-0.39, 0.29) is 5.69 Å². The number of nitrogen functional groups attached to an aromatic ring is 1. The van der Waals surface area contributed by atoms with Gasteiger partial charge in [0.25, 0.3) is 0 Å². The number of anilines is 1. The van der Waals surface area contributed by atoms with Crippen molar-refractivity contribution in [2.45, 2.75) is 32.7 Å². The van der Waals surface area contributed by atoms with Crippen molar-refractivity contribution < 1.29 is 4.39 Å². The number of nitrogens with zero attached hydrogens (tertiary/aromatic N) is 4. The Hall–Kier alpha value is -1.98. The molecule has 1 aliphatic carbocycles. The summed E-state index contributed by atoms with van der Waals surface area (Å²) in [6.07, 6.45) is 3.75. The summed E-state index contributed by atoms with van der Waals surface area (Å²) in [7, 11) is 0. The third-order valence-electron chi connectivity index (χ3n) is 4.23. The number of halogens is 1. The van der Waals surface area contributed by atoms with Crippen LogP contribution < -0.4 is 5.73 Å². The van der Waals surface area contributed by atoms with Crippen molar-refractivity contribution in [1.82, 2.24) is 20.2 Å². The van der Waals surface area contributed by atoms with E-state index in [0.29, 0.717) is 17.7 Å². The van der Waals surface area contributed by atoms with E-state index >= 15 is 0 Å². The first-order valence-electron chi connectivity index (χ1n) is 6.96. The van der Waals surface area contributed by atoms with E-state index in [1.807, 2.05) is 0 Å². The first kappa shape index (κ1) is 13.0. The second-order valence-electron chi connectivity index (χ2n) is 5.59. The Kier molecular flexibility index (Phi) is 3.38. The molecule has 20 heavy (non-hydrogen) atoms. The molecule has 5 nitrogen and oxygen atoms in total. The summed E-state index contributed by atoms with van der Waals surface area (Å²) in [4.78, 5) is 0. The van der Waals surface area contributed by atoms with Crippen LogP contribution in [-0.4, -0.2) is 20.2 Å². The van der Waals surface area contributed by atoms with Crippen molar-refractivity contribution in [3.05, 3.63) is 24.0 Å². The molecule has 6 heteroatoms. The van der Waals surface area contributed by atoms with Crippen LogP contribution in [0, 0.1) is 17.7 Å². The van der Waals surface area contributed by atoms with Crippen LogP contribution >= 0.6 is 0 Å². The lowest BCUT2D eigenvalue weighted by atomic mass is 9.98. The maximum Gasteiger partial charge on any atom is 0.182 e. The largest absolute Gasteiger partial charge is 0.396 e. The van der Waals surface area contributed by atoms with Gasteiger partial charge in [0, 0.05) is 12.1 Å². The molecule has 0 amide bonds. The molecular formula is C14H18FN5. The number of aromatic nitrogens is 4. The first-order valence-corrected chi connectivity index (χ1v) is 6.96. The Morgan fingerprint density at radius 2 is 2.25 bits per heavy atom. The molecule has 1 aromatic heterocycles. The SMILES string of the molecule is CC1CCCC1Cn1nnnc1-c1ccc(F)c(N)c1. The molecule has 3 rings (SSSR count). The number of benzene rings is 1. The van der Waals surface area contributed by atoms with E-state index in [2.05, 4.69) is 22.4 Å². The van der Waals surface area contributed by atoms with Crippen molar-refractivity contribution in [3.63, 3.8) is 0 Å². The second kappa shape index (κ2) is 5.19. The summed E-state index contributed by atoms with van der Waals surface area (Å²) < 4.78 is 15.0. The van der Waals surface area contributed by atoms with Crippen molar-refractivity contribution in [1.29, 1.82) is 0 Å². The van der Waals surface area contributed by atoms with Gasteiger partial charge in [-0.2, -0.15) is 0 Å². The molecule has 1 saturated carbocycles. The molecule has 1 aromatic carbocycles. The van der Waals surface area contributed by atoms with Crippen molar-refractivity contribution in [3.8, 4) is 11.4 Å². The monoisotopic (exact) mass is 275 g/mol. The molecule has 1 fully saturated rings. The Balaban J connectivity index is 1.87.